The quantitative estimate of drug-likeness (QED) is 0.351. The van der Waals surface area contributed by atoms with Gasteiger partial charge in [-0.2, -0.15) is 0 Å². The molecule has 0 aliphatic heterocycles. The molecule has 0 spiro atoms. The molecular weight excluding hydrogens is 443 g/mol. The number of carbonyl (C=O) groups is 1. The highest BCUT2D eigenvalue weighted by Crippen LogP contribution is 2.34. The molecule has 162 valence electrons. The van der Waals surface area contributed by atoms with E-state index >= 15 is 0 Å². The first-order valence-electron chi connectivity index (χ1n) is 9.97. The van der Waals surface area contributed by atoms with E-state index in [4.69, 9.17) is 0 Å². The van der Waals surface area contributed by atoms with Crippen LogP contribution in [-0.4, -0.2) is 26.8 Å². The van der Waals surface area contributed by atoms with E-state index in [-0.39, 0.29) is 17.5 Å². The minimum Gasteiger partial charge on any atom is -0.325 e. The second-order valence-electron chi connectivity index (χ2n) is 7.28. The van der Waals surface area contributed by atoms with Crippen molar-refractivity contribution in [1.82, 2.24) is 15.2 Å². The van der Waals surface area contributed by atoms with Crippen molar-refractivity contribution in [1.29, 1.82) is 0 Å². The molecule has 1 amide bonds. The van der Waals surface area contributed by atoms with Crippen LogP contribution in [0.1, 0.15) is 16.8 Å². The van der Waals surface area contributed by atoms with Gasteiger partial charge in [-0.1, -0.05) is 23.9 Å². The Bertz CT molecular complexity index is 1250. The fraction of sp³-hybridized carbons (Fsp3) is 0.167. The van der Waals surface area contributed by atoms with Crippen molar-refractivity contribution in [3.63, 3.8) is 0 Å². The van der Waals surface area contributed by atoms with E-state index < -0.39 is 0 Å². The van der Waals surface area contributed by atoms with Crippen LogP contribution in [0.4, 0.5) is 10.1 Å². The number of carbonyl (C=O) groups excluding carboxylic acids is 1. The molecule has 0 saturated heterocycles. The molecule has 0 saturated carbocycles. The number of aryl methyl sites for hydroxylation is 2. The summed E-state index contributed by atoms with van der Waals surface area (Å²) in [6.07, 6.45) is 0. The fourth-order valence-electron chi connectivity index (χ4n) is 3.08. The molecule has 0 atom stereocenters. The van der Waals surface area contributed by atoms with Crippen molar-refractivity contribution in [3.05, 3.63) is 77.2 Å². The van der Waals surface area contributed by atoms with Gasteiger partial charge in [-0.05, 0) is 74.4 Å². The van der Waals surface area contributed by atoms with Crippen LogP contribution in [-0.2, 0) is 4.79 Å². The van der Waals surface area contributed by atoms with Crippen LogP contribution in [0.25, 0.3) is 21.1 Å². The van der Waals surface area contributed by atoms with Gasteiger partial charge in [0.15, 0.2) is 0 Å². The summed E-state index contributed by atoms with van der Waals surface area (Å²) in [4.78, 5) is 17.8. The Hall–Kier alpha value is -3.10. The van der Waals surface area contributed by atoms with E-state index in [0.29, 0.717) is 5.03 Å². The van der Waals surface area contributed by atoms with E-state index in [2.05, 4.69) is 20.5 Å². The van der Waals surface area contributed by atoms with Gasteiger partial charge in [0.25, 0.3) is 0 Å². The Morgan fingerprint density at radius 1 is 1.03 bits per heavy atom. The summed E-state index contributed by atoms with van der Waals surface area (Å²) < 4.78 is 13.2. The van der Waals surface area contributed by atoms with E-state index in [1.807, 2.05) is 51.1 Å². The molecule has 1 N–H and O–H groups in total. The molecular formula is C24H21FN4OS2. The van der Waals surface area contributed by atoms with Crippen molar-refractivity contribution in [2.75, 3.05) is 11.1 Å². The number of benzene rings is 2. The standard InChI is InChI=1S/C24H21FN4OS2/c1-14-5-4-6-19(15(14)2)27-21(30)13-31-22-12-11-20(28-29-22)23-16(3)26-24(32-23)17-7-9-18(25)10-8-17/h4-12H,13H2,1-3H3,(H,27,30). The van der Waals surface area contributed by atoms with Gasteiger partial charge < -0.3 is 5.32 Å². The molecule has 0 aliphatic carbocycles. The molecule has 5 nitrogen and oxygen atoms in total. The lowest BCUT2D eigenvalue weighted by Crippen LogP contribution is -2.15. The number of halogens is 1. The highest BCUT2D eigenvalue weighted by Gasteiger charge is 2.14. The highest BCUT2D eigenvalue weighted by molar-refractivity contribution is 7.99. The molecule has 0 radical (unpaired) electrons. The summed E-state index contributed by atoms with van der Waals surface area (Å²) in [5.41, 5.74) is 5.46. The SMILES string of the molecule is Cc1cccc(NC(=O)CSc2ccc(-c3sc(-c4ccc(F)cc4)nc3C)nn2)c1C. The van der Waals surface area contributed by atoms with Crippen LogP contribution in [0.15, 0.2) is 59.6 Å². The van der Waals surface area contributed by atoms with E-state index in [1.165, 1.54) is 35.2 Å². The first-order chi connectivity index (χ1) is 15.4. The van der Waals surface area contributed by atoms with Crippen molar-refractivity contribution in [3.8, 4) is 21.1 Å². The summed E-state index contributed by atoms with van der Waals surface area (Å²) in [6.45, 7) is 5.93. The number of anilines is 1. The predicted molar refractivity (Wildman–Crippen MR) is 129 cm³/mol. The zero-order valence-corrected chi connectivity index (χ0v) is 19.5. The van der Waals surface area contributed by atoms with Gasteiger partial charge in [-0.3, -0.25) is 4.79 Å². The van der Waals surface area contributed by atoms with Crippen molar-refractivity contribution >= 4 is 34.7 Å². The maximum atomic E-state index is 13.2. The summed E-state index contributed by atoms with van der Waals surface area (Å²) in [6, 6.07) is 15.9. The van der Waals surface area contributed by atoms with Crippen LogP contribution in [0.5, 0.6) is 0 Å². The Balaban J connectivity index is 1.41. The molecule has 0 aliphatic rings. The summed E-state index contributed by atoms with van der Waals surface area (Å²) in [7, 11) is 0. The molecule has 0 unspecified atom stereocenters. The molecule has 0 bridgehead atoms. The first kappa shape index (κ1) is 22.1. The van der Waals surface area contributed by atoms with Gasteiger partial charge in [-0.25, -0.2) is 9.37 Å². The smallest absolute Gasteiger partial charge is 0.234 e. The number of thiazole rings is 1. The van der Waals surface area contributed by atoms with Gasteiger partial charge in [0.1, 0.15) is 21.5 Å². The van der Waals surface area contributed by atoms with E-state index in [0.717, 1.165) is 43.7 Å². The molecule has 2 aromatic carbocycles. The highest BCUT2D eigenvalue weighted by atomic mass is 32.2. The number of aromatic nitrogens is 3. The number of nitrogens with zero attached hydrogens (tertiary/aromatic N) is 3. The Morgan fingerprint density at radius 3 is 2.53 bits per heavy atom. The van der Waals surface area contributed by atoms with Gasteiger partial charge in [0.2, 0.25) is 5.91 Å². The Labute approximate surface area is 194 Å². The lowest BCUT2D eigenvalue weighted by atomic mass is 10.1. The number of rotatable bonds is 6. The summed E-state index contributed by atoms with van der Waals surface area (Å²) in [5.74, 6) is -0.115. The minimum atomic E-state index is -0.274. The third-order valence-corrected chi connectivity index (χ3v) is 7.14. The maximum Gasteiger partial charge on any atom is 0.234 e. The van der Waals surface area contributed by atoms with Crippen LogP contribution >= 0.6 is 23.1 Å². The number of nitrogens with one attached hydrogen (secondary N) is 1. The van der Waals surface area contributed by atoms with Gasteiger partial charge in [0, 0.05) is 11.3 Å². The van der Waals surface area contributed by atoms with Crippen molar-refractivity contribution in [2.45, 2.75) is 25.8 Å². The van der Waals surface area contributed by atoms with Crippen molar-refractivity contribution < 1.29 is 9.18 Å². The third-order valence-electron chi connectivity index (χ3n) is 4.99. The second-order valence-corrected chi connectivity index (χ2v) is 9.28. The van der Waals surface area contributed by atoms with Gasteiger partial charge >= 0.3 is 0 Å². The number of amides is 1. The average Bonchev–Trinajstić information content (AvgIpc) is 3.18. The normalized spacial score (nSPS) is 10.9. The fourth-order valence-corrected chi connectivity index (χ4v) is 4.73. The van der Waals surface area contributed by atoms with Crippen LogP contribution in [0.3, 0.4) is 0 Å². The summed E-state index contributed by atoms with van der Waals surface area (Å²) >= 11 is 2.83. The number of hydrogen-bond acceptors (Lipinski definition) is 6. The number of thioether (sulfide) groups is 1. The molecule has 2 heterocycles. The zero-order chi connectivity index (χ0) is 22.7. The molecule has 4 aromatic rings. The maximum absolute atomic E-state index is 13.2. The average molecular weight is 465 g/mol. The van der Waals surface area contributed by atoms with E-state index in [9.17, 15) is 9.18 Å². The first-order valence-corrected chi connectivity index (χ1v) is 11.8. The van der Waals surface area contributed by atoms with E-state index in [1.54, 1.807) is 12.1 Å². The van der Waals surface area contributed by atoms with Gasteiger partial charge in [0.05, 0.1) is 16.3 Å². The predicted octanol–water partition coefficient (Wildman–Crippen LogP) is 6.06. The molecule has 32 heavy (non-hydrogen) atoms. The van der Waals surface area contributed by atoms with Crippen LogP contribution in [0.2, 0.25) is 0 Å². The molecule has 0 fully saturated rings. The minimum absolute atomic E-state index is 0.0863. The monoisotopic (exact) mass is 464 g/mol. The zero-order valence-electron chi connectivity index (χ0n) is 17.8. The Morgan fingerprint density at radius 2 is 1.81 bits per heavy atom. The molecule has 2 aromatic heterocycles. The molecule has 4 rings (SSSR count). The third kappa shape index (κ3) is 5.03. The lowest BCUT2D eigenvalue weighted by molar-refractivity contribution is -0.113. The second kappa shape index (κ2) is 9.58. The lowest BCUT2D eigenvalue weighted by Gasteiger charge is -2.10. The number of hydrogen-bond donors (Lipinski definition) is 1. The van der Waals surface area contributed by atoms with Crippen LogP contribution in [0, 0.1) is 26.6 Å². The molecule has 8 heteroatoms. The topological polar surface area (TPSA) is 67.8 Å². The summed E-state index contributed by atoms with van der Waals surface area (Å²) in [5, 5.41) is 13.0. The van der Waals surface area contributed by atoms with Crippen molar-refractivity contribution in [2.24, 2.45) is 0 Å². The largest absolute Gasteiger partial charge is 0.325 e. The van der Waals surface area contributed by atoms with Crippen LogP contribution < -0.4 is 5.32 Å². The van der Waals surface area contributed by atoms with Gasteiger partial charge in [-0.15, -0.1) is 21.5 Å². The Kier molecular flexibility index (Phi) is 6.62.